The molecule has 1 N–H and O–H groups in total. The average Bonchev–Trinajstić information content (AvgIpc) is 2.74. The first-order chi connectivity index (χ1) is 15.3. The molecule has 0 saturated carbocycles. The van der Waals surface area contributed by atoms with E-state index in [2.05, 4.69) is 5.32 Å². The Morgan fingerprint density at radius 2 is 1.75 bits per heavy atom. The lowest BCUT2D eigenvalue weighted by atomic mass is 10.1. The van der Waals surface area contributed by atoms with Gasteiger partial charge in [0.1, 0.15) is 18.2 Å². The van der Waals surface area contributed by atoms with E-state index in [1.165, 1.54) is 6.08 Å². The number of carbonyl (C=O) groups is 1. The third-order valence-electron chi connectivity index (χ3n) is 4.93. The van der Waals surface area contributed by atoms with Crippen LogP contribution in [0.25, 0.3) is 6.08 Å². The van der Waals surface area contributed by atoms with Gasteiger partial charge in [0.2, 0.25) is 0 Å². The number of nitrogens with one attached hydrogen (secondary N) is 1. The predicted molar refractivity (Wildman–Crippen MR) is 130 cm³/mol. The van der Waals surface area contributed by atoms with Gasteiger partial charge in [-0.05, 0) is 73.4 Å². The Balaban J connectivity index is 1.77. The zero-order chi connectivity index (χ0) is 23.3. The summed E-state index contributed by atoms with van der Waals surface area (Å²) in [5.41, 5.74) is 5.37. The smallest absolute Gasteiger partial charge is 0.266 e. The lowest BCUT2D eigenvalue weighted by Gasteiger charge is -2.12. The van der Waals surface area contributed by atoms with Crippen molar-refractivity contribution >= 4 is 40.9 Å². The molecule has 0 aliphatic carbocycles. The van der Waals surface area contributed by atoms with Gasteiger partial charge in [-0.3, -0.25) is 4.79 Å². The Hall–Kier alpha value is -3.26. The Kier molecular flexibility index (Phi) is 7.58. The number of nitriles is 1. The maximum Gasteiger partial charge on any atom is 0.266 e. The van der Waals surface area contributed by atoms with Crippen molar-refractivity contribution in [1.82, 2.24) is 0 Å². The highest BCUT2D eigenvalue weighted by atomic mass is 35.5. The van der Waals surface area contributed by atoms with E-state index < -0.39 is 5.91 Å². The Morgan fingerprint density at radius 3 is 2.38 bits per heavy atom. The summed E-state index contributed by atoms with van der Waals surface area (Å²) < 4.78 is 5.81. The Morgan fingerprint density at radius 1 is 1.03 bits per heavy atom. The van der Waals surface area contributed by atoms with Crippen LogP contribution < -0.4 is 10.1 Å². The van der Waals surface area contributed by atoms with Gasteiger partial charge < -0.3 is 10.1 Å². The highest BCUT2D eigenvalue weighted by Crippen LogP contribution is 2.35. The van der Waals surface area contributed by atoms with Crippen LogP contribution in [0.15, 0.2) is 60.2 Å². The molecule has 3 rings (SSSR count). The fourth-order valence-corrected chi connectivity index (χ4v) is 3.70. The number of nitrogens with zero attached hydrogens (tertiary/aromatic N) is 1. The molecule has 0 fully saturated rings. The summed E-state index contributed by atoms with van der Waals surface area (Å²) in [4.78, 5) is 12.6. The van der Waals surface area contributed by atoms with Crippen molar-refractivity contribution in [2.45, 2.75) is 27.4 Å². The molecule has 0 saturated heterocycles. The van der Waals surface area contributed by atoms with Crippen molar-refractivity contribution in [2.75, 3.05) is 5.32 Å². The molecule has 0 spiro atoms. The molecule has 0 bridgehead atoms. The van der Waals surface area contributed by atoms with Crippen molar-refractivity contribution in [3.63, 3.8) is 0 Å². The van der Waals surface area contributed by atoms with Gasteiger partial charge >= 0.3 is 0 Å². The van der Waals surface area contributed by atoms with E-state index >= 15 is 0 Å². The second kappa shape index (κ2) is 10.4. The molecule has 0 atom stereocenters. The molecule has 0 unspecified atom stereocenters. The van der Waals surface area contributed by atoms with Crippen LogP contribution in [-0.4, -0.2) is 5.91 Å². The fourth-order valence-electron chi connectivity index (χ4n) is 3.09. The van der Waals surface area contributed by atoms with Gasteiger partial charge in [0.25, 0.3) is 5.91 Å². The average molecular weight is 465 g/mol. The molecular weight excluding hydrogens is 443 g/mol. The van der Waals surface area contributed by atoms with E-state index in [0.29, 0.717) is 33.7 Å². The van der Waals surface area contributed by atoms with Gasteiger partial charge in [0.05, 0.1) is 10.0 Å². The number of anilines is 1. The summed E-state index contributed by atoms with van der Waals surface area (Å²) in [5.74, 6) is -0.159. The number of amides is 1. The molecule has 0 radical (unpaired) electrons. The van der Waals surface area contributed by atoms with Gasteiger partial charge in [0.15, 0.2) is 5.75 Å². The monoisotopic (exact) mass is 464 g/mol. The molecule has 162 valence electrons. The molecule has 0 heterocycles. The summed E-state index contributed by atoms with van der Waals surface area (Å²) in [6.07, 6.45) is 1.44. The molecule has 32 heavy (non-hydrogen) atoms. The summed E-state index contributed by atoms with van der Waals surface area (Å²) in [7, 11) is 0. The summed E-state index contributed by atoms with van der Waals surface area (Å²) in [6, 6.07) is 18.7. The molecule has 3 aromatic carbocycles. The first kappa shape index (κ1) is 23.4. The van der Waals surface area contributed by atoms with E-state index in [9.17, 15) is 10.1 Å². The quantitative estimate of drug-likeness (QED) is 0.314. The number of halogens is 2. The zero-order valence-electron chi connectivity index (χ0n) is 18.0. The lowest BCUT2D eigenvalue weighted by molar-refractivity contribution is -0.112. The molecule has 0 aliphatic rings. The number of benzene rings is 3. The maximum absolute atomic E-state index is 12.6. The number of hydrogen-bond donors (Lipinski definition) is 1. The van der Waals surface area contributed by atoms with Gasteiger partial charge in [-0.2, -0.15) is 5.26 Å². The molecule has 0 aromatic heterocycles. The van der Waals surface area contributed by atoms with Crippen LogP contribution in [0.1, 0.15) is 27.8 Å². The van der Waals surface area contributed by atoms with Crippen LogP contribution >= 0.6 is 23.2 Å². The van der Waals surface area contributed by atoms with Crippen molar-refractivity contribution in [2.24, 2.45) is 0 Å². The SMILES string of the molecule is Cc1cccc(COc2c(Cl)cc(/C=C(\C#N)C(=O)Nc3ccc(C)c(C)c3)cc2Cl)c1. The van der Waals surface area contributed by atoms with Gasteiger partial charge in [-0.25, -0.2) is 0 Å². The normalized spacial score (nSPS) is 11.1. The number of aryl methyl sites for hydroxylation is 3. The third-order valence-corrected chi connectivity index (χ3v) is 5.49. The van der Waals surface area contributed by atoms with Gasteiger partial charge in [0, 0.05) is 5.69 Å². The predicted octanol–water partition coefficient (Wildman–Crippen LogP) is 7.04. The van der Waals surface area contributed by atoms with Crippen molar-refractivity contribution < 1.29 is 9.53 Å². The summed E-state index contributed by atoms with van der Waals surface area (Å²) in [6.45, 7) is 6.27. The number of hydrogen-bond acceptors (Lipinski definition) is 3. The minimum atomic E-state index is -0.511. The minimum Gasteiger partial charge on any atom is -0.486 e. The van der Waals surface area contributed by atoms with Crippen molar-refractivity contribution in [3.8, 4) is 11.8 Å². The largest absolute Gasteiger partial charge is 0.486 e. The van der Waals surface area contributed by atoms with Crippen LogP contribution in [0.4, 0.5) is 5.69 Å². The Bertz CT molecular complexity index is 1220. The van der Waals surface area contributed by atoms with Crippen LogP contribution in [0.2, 0.25) is 10.0 Å². The lowest BCUT2D eigenvalue weighted by Crippen LogP contribution is -2.13. The van der Waals surface area contributed by atoms with E-state index in [0.717, 1.165) is 22.3 Å². The van der Waals surface area contributed by atoms with Crippen LogP contribution in [0.5, 0.6) is 5.75 Å². The standard InChI is InChI=1S/C26H22Cl2N2O2/c1-16-5-4-6-19(9-16)15-32-25-23(27)12-20(13-24(25)28)11-21(14-29)26(31)30-22-8-7-17(2)18(3)10-22/h4-13H,15H2,1-3H3,(H,30,31)/b21-11+. The Labute approximate surface area is 198 Å². The molecule has 4 nitrogen and oxygen atoms in total. The second-order valence-electron chi connectivity index (χ2n) is 7.51. The summed E-state index contributed by atoms with van der Waals surface area (Å²) in [5, 5.41) is 12.8. The van der Waals surface area contributed by atoms with Gasteiger partial charge in [-0.15, -0.1) is 0 Å². The number of rotatable bonds is 6. The zero-order valence-corrected chi connectivity index (χ0v) is 19.5. The van der Waals surface area contributed by atoms with Crippen LogP contribution in [0.3, 0.4) is 0 Å². The molecule has 1 amide bonds. The molecular formula is C26H22Cl2N2O2. The molecule has 0 aliphatic heterocycles. The molecule has 6 heteroatoms. The summed E-state index contributed by atoms with van der Waals surface area (Å²) >= 11 is 12.8. The van der Waals surface area contributed by atoms with Crippen LogP contribution in [-0.2, 0) is 11.4 Å². The molecule has 3 aromatic rings. The first-order valence-electron chi connectivity index (χ1n) is 9.94. The number of carbonyl (C=O) groups excluding carboxylic acids is 1. The first-order valence-corrected chi connectivity index (χ1v) is 10.7. The highest BCUT2D eigenvalue weighted by molar-refractivity contribution is 6.37. The van der Waals surface area contributed by atoms with E-state index in [-0.39, 0.29) is 5.57 Å². The second-order valence-corrected chi connectivity index (χ2v) is 8.33. The van der Waals surface area contributed by atoms with Crippen LogP contribution in [0, 0.1) is 32.1 Å². The van der Waals surface area contributed by atoms with E-state index in [1.54, 1.807) is 18.2 Å². The van der Waals surface area contributed by atoms with Crippen molar-refractivity contribution in [3.05, 3.63) is 98.0 Å². The van der Waals surface area contributed by atoms with Crippen molar-refractivity contribution in [1.29, 1.82) is 5.26 Å². The maximum atomic E-state index is 12.6. The number of ether oxygens (including phenoxy) is 1. The third kappa shape index (κ3) is 5.91. The topological polar surface area (TPSA) is 62.1 Å². The van der Waals surface area contributed by atoms with E-state index in [1.807, 2.05) is 63.2 Å². The van der Waals surface area contributed by atoms with E-state index in [4.69, 9.17) is 27.9 Å². The fraction of sp³-hybridized carbons (Fsp3) is 0.154. The highest BCUT2D eigenvalue weighted by Gasteiger charge is 2.13. The van der Waals surface area contributed by atoms with Gasteiger partial charge in [-0.1, -0.05) is 59.1 Å². The minimum absolute atomic E-state index is 0.0659.